The zero-order valence-corrected chi connectivity index (χ0v) is 11.6. The Balaban J connectivity index is 2.11. The quantitative estimate of drug-likeness (QED) is 0.635. The average Bonchev–Trinajstić information content (AvgIpc) is 3.06. The van der Waals surface area contributed by atoms with Gasteiger partial charge in [-0.2, -0.15) is 15.2 Å². The normalized spacial score (nSPS) is 27.9. The van der Waals surface area contributed by atoms with E-state index in [1.54, 1.807) is 0 Å². The third kappa shape index (κ3) is 2.03. The van der Waals surface area contributed by atoms with Crippen molar-refractivity contribution in [2.45, 2.75) is 18.4 Å². The Hall–Kier alpha value is -2.48. The van der Waals surface area contributed by atoms with Gasteiger partial charge >= 0.3 is 0 Å². The molecule has 1 aliphatic rings. The number of nitrogen functional groups attached to an aromatic ring is 1. The van der Waals surface area contributed by atoms with Crippen LogP contribution < -0.4 is 10.5 Å². The molecule has 3 rings (SSSR count). The molecule has 22 heavy (non-hydrogen) atoms. The monoisotopic (exact) mass is 306 g/mol. The second kappa shape index (κ2) is 5.38. The molecule has 0 saturated carbocycles. The molecule has 4 N–H and O–H groups in total. The summed E-state index contributed by atoms with van der Waals surface area (Å²) in [4.78, 5) is 12.1. The fourth-order valence-corrected chi connectivity index (χ4v) is 2.51. The maximum absolute atomic E-state index is 10.0. The number of hydrogen-bond acceptors (Lipinski definition) is 9. The minimum Gasteiger partial charge on any atom is -0.479 e. The molecule has 1 fully saturated rings. The maximum Gasteiger partial charge on any atom is 0.246 e. The molecule has 10 heteroatoms. The van der Waals surface area contributed by atoms with E-state index < -0.39 is 31.0 Å². The summed E-state index contributed by atoms with van der Waals surface area (Å²) < 4.78 is 12.1. The number of aliphatic hydroxyl groups is 2. The van der Waals surface area contributed by atoms with E-state index in [-0.39, 0.29) is 11.8 Å². The molecule has 0 spiro atoms. The minimum absolute atomic E-state index is 0.0168. The molecule has 4 atom stereocenters. The number of ether oxygens (including phenoxy) is 2. The summed E-state index contributed by atoms with van der Waals surface area (Å²) >= 11 is 0. The molecule has 1 aliphatic heterocycles. The highest BCUT2D eigenvalue weighted by Gasteiger charge is 2.45. The molecule has 2 aromatic heterocycles. The Bertz CT molecular complexity index is 741. The zero-order valence-electron chi connectivity index (χ0n) is 11.6. The fourth-order valence-electron chi connectivity index (χ4n) is 2.51. The first-order valence-corrected chi connectivity index (χ1v) is 6.48. The van der Waals surface area contributed by atoms with Crippen LogP contribution in [0.15, 0.2) is 6.33 Å². The van der Waals surface area contributed by atoms with Crippen molar-refractivity contribution in [3.8, 4) is 11.9 Å². The van der Waals surface area contributed by atoms with Crippen LogP contribution in [0, 0.1) is 17.2 Å². The minimum atomic E-state index is -1.11. The maximum atomic E-state index is 10.0. The van der Waals surface area contributed by atoms with Gasteiger partial charge < -0.3 is 25.4 Å². The highest BCUT2D eigenvalue weighted by Crippen LogP contribution is 2.36. The summed E-state index contributed by atoms with van der Waals surface area (Å²) in [6, 6.07) is 1.98. The molecule has 116 valence electrons. The number of anilines is 1. The second-order valence-electron chi connectivity index (χ2n) is 4.81. The van der Waals surface area contributed by atoms with E-state index in [0.717, 1.165) is 0 Å². The number of nitrogens with two attached hydrogens (primary N) is 1. The van der Waals surface area contributed by atoms with E-state index in [0.29, 0.717) is 11.2 Å². The van der Waals surface area contributed by atoms with Gasteiger partial charge in [0.2, 0.25) is 11.8 Å². The lowest BCUT2D eigenvalue weighted by Crippen LogP contribution is -2.28. The van der Waals surface area contributed by atoms with Crippen LogP contribution in [0.4, 0.5) is 5.95 Å². The SMILES string of the molecule is COc1nc(N)nc2c1ncn2[C@@H]1O[C@H](CO)[C@@H](O)[C@@H]1C#N. The summed E-state index contributed by atoms with van der Waals surface area (Å²) in [5.41, 5.74) is 6.32. The molecular weight excluding hydrogens is 292 g/mol. The van der Waals surface area contributed by atoms with E-state index in [9.17, 15) is 15.5 Å². The van der Waals surface area contributed by atoms with Crippen molar-refractivity contribution < 1.29 is 19.7 Å². The Morgan fingerprint density at radius 3 is 2.95 bits per heavy atom. The lowest BCUT2D eigenvalue weighted by atomic mass is 10.0. The first kappa shape index (κ1) is 14.5. The highest BCUT2D eigenvalue weighted by atomic mass is 16.5. The molecule has 0 radical (unpaired) electrons. The fraction of sp³-hybridized carbons (Fsp3) is 0.500. The van der Waals surface area contributed by atoms with Gasteiger partial charge in [-0.3, -0.25) is 4.57 Å². The number of nitrogens with zero attached hydrogens (tertiary/aromatic N) is 5. The third-order valence-electron chi connectivity index (χ3n) is 3.57. The van der Waals surface area contributed by atoms with Crippen LogP contribution in [-0.4, -0.2) is 55.7 Å². The molecular formula is C12H14N6O4. The van der Waals surface area contributed by atoms with Crippen molar-refractivity contribution >= 4 is 17.1 Å². The lowest BCUT2D eigenvalue weighted by molar-refractivity contribution is -0.0441. The standard InChI is InChI=1S/C12H14N6O4/c1-21-10-7-9(16-12(14)17-10)18(4-15-7)11-5(2-13)8(20)6(3-19)22-11/h4-6,8,11,19-20H,3H2,1H3,(H2,14,16,17)/t5-,6+,8-,11+/m0/s1. The molecule has 3 heterocycles. The number of imidazole rings is 1. The van der Waals surface area contributed by atoms with Crippen LogP contribution in [0.1, 0.15) is 6.23 Å². The van der Waals surface area contributed by atoms with Gasteiger partial charge in [0, 0.05) is 0 Å². The van der Waals surface area contributed by atoms with Gasteiger partial charge in [-0.1, -0.05) is 0 Å². The molecule has 2 aromatic rings. The number of aromatic nitrogens is 4. The lowest BCUT2D eigenvalue weighted by Gasteiger charge is -2.15. The van der Waals surface area contributed by atoms with Gasteiger partial charge in [0.05, 0.1) is 26.1 Å². The second-order valence-corrected chi connectivity index (χ2v) is 4.81. The molecule has 10 nitrogen and oxygen atoms in total. The Kier molecular flexibility index (Phi) is 3.53. The van der Waals surface area contributed by atoms with Crippen LogP contribution in [0.2, 0.25) is 0 Å². The van der Waals surface area contributed by atoms with Crippen molar-refractivity contribution in [2.75, 3.05) is 19.5 Å². The average molecular weight is 306 g/mol. The van der Waals surface area contributed by atoms with E-state index in [1.807, 2.05) is 6.07 Å². The van der Waals surface area contributed by atoms with Crippen LogP contribution in [-0.2, 0) is 4.74 Å². The first-order chi connectivity index (χ1) is 10.6. The highest BCUT2D eigenvalue weighted by molar-refractivity contribution is 5.77. The van der Waals surface area contributed by atoms with Gasteiger partial charge in [0.25, 0.3) is 0 Å². The van der Waals surface area contributed by atoms with Crippen molar-refractivity contribution in [3.63, 3.8) is 0 Å². The first-order valence-electron chi connectivity index (χ1n) is 6.48. The van der Waals surface area contributed by atoms with Gasteiger partial charge in [-0.25, -0.2) is 4.98 Å². The number of hydrogen-bond donors (Lipinski definition) is 3. The van der Waals surface area contributed by atoms with Crippen molar-refractivity contribution in [3.05, 3.63) is 6.33 Å². The van der Waals surface area contributed by atoms with E-state index in [4.69, 9.17) is 15.2 Å². The Morgan fingerprint density at radius 1 is 1.55 bits per heavy atom. The number of rotatable bonds is 3. The zero-order chi connectivity index (χ0) is 15.9. The summed E-state index contributed by atoms with van der Waals surface area (Å²) in [5, 5.41) is 28.5. The van der Waals surface area contributed by atoms with E-state index >= 15 is 0 Å². The third-order valence-corrected chi connectivity index (χ3v) is 3.57. The Labute approximate surface area is 124 Å². The smallest absolute Gasteiger partial charge is 0.246 e. The molecule has 0 amide bonds. The molecule has 0 aliphatic carbocycles. The molecule has 0 bridgehead atoms. The number of aliphatic hydroxyl groups excluding tert-OH is 2. The molecule has 0 aromatic carbocycles. The summed E-state index contributed by atoms with van der Waals surface area (Å²) in [7, 11) is 1.43. The summed E-state index contributed by atoms with van der Waals surface area (Å²) in [6.07, 6.45) is -1.41. The number of nitriles is 1. The number of methoxy groups -OCH3 is 1. The van der Waals surface area contributed by atoms with Crippen molar-refractivity contribution in [1.82, 2.24) is 19.5 Å². The van der Waals surface area contributed by atoms with Crippen LogP contribution in [0.5, 0.6) is 5.88 Å². The predicted octanol–water partition coefficient (Wildman–Crippen LogP) is -1.19. The van der Waals surface area contributed by atoms with Gasteiger partial charge in [0.15, 0.2) is 17.4 Å². The molecule has 0 unspecified atom stereocenters. The van der Waals surface area contributed by atoms with Crippen molar-refractivity contribution in [2.24, 2.45) is 5.92 Å². The van der Waals surface area contributed by atoms with E-state index in [2.05, 4.69) is 15.0 Å². The largest absolute Gasteiger partial charge is 0.479 e. The predicted molar refractivity (Wildman–Crippen MR) is 72.4 cm³/mol. The van der Waals surface area contributed by atoms with Gasteiger partial charge in [-0.05, 0) is 0 Å². The summed E-state index contributed by atoms with van der Waals surface area (Å²) in [5.74, 6) is -0.694. The van der Waals surface area contributed by atoms with E-state index in [1.165, 1.54) is 18.0 Å². The van der Waals surface area contributed by atoms with Crippen molar-refractivity contribution in [1.29, 1.82) is 5.26 Å². The number of fused-ring (bicyclic) bond motifs is 1. The van der Waals surface area contributed by atoms with Gasteiger partial charge in [0.1, 0.15) is 18.1 Å². The van der Waals surface area contributed by atoms with Crippen LogP contribution in [0.3, 0.4) is 0 Å². The topological polar surface area (TPSA) is 152 Å². The Morgan fingerprint density at radius 2 is 2.32 bits per heavy atom. The summed E-state index contributed by atoms with van der Waals surface area (Å²) in [6.45, 7) is -0.400. The molecule has 1 saturated heterocycles. The van der Waals surface area contributed by atoms with Crippen LogP contribution >= 0.6 is 0 Å². The van der Waals surface area contributed by atoms with Crippen LogP contribution in [0.25, 0.3) is 11.2 Å². The van der Waals surface area contributed by atoms with Gasteiger partial charge in [-0.15, -0.1) is 0 Å².